The molecule has 0 saturated heterocycles. The Labute approximate surface area is 156 Å². The SMILES string of the molecule is Cn1ccnc1[C@@H](NC(=O)c1ccc(-n2cncn2)cc1)c1ccccc1. The predicted octanol–water partition coefficient (Wildman–Crippen LogP) is 2.52. The summed E-state index contributed by atoms with van der Waals surface area (Å²) in [5, 5.41) is 7.18. The van der Waals surface area contributed by atoms with Crippen LogP contribution in [0.25, 0.3) is 5.69 Å². The van der Waals surface area contributed by atoms with Gasteiger partial charge in [-0.2, -0.15) is 5.10 Å². The van der Waals surface area contributed by atoms with Gasteiger partial charge in [-0.3, -0.25) is 4.79 Å². The molecule has 0 fully saturated rings. The van der Waals surface area contributed by atoms with Crippen LogP contribution in [0.15, 0.2) is 79.6 Å². The molecule has 0 unspecified atom stereocenters. The van der Waals surface area contributed by atoms with Gasteiger partial charge in [-0.15, -0.1) is 0 Å². The fourth-order valence-electron chi connectivity index (χ4n) is 2.92. The van der Waals surface area contributed by atoms with Crippen molar-refractivity contribution >= 4 is 5.91 Å². The van der Waals surface area contributed by atoms with E-state index in [4.69, 9.17) is 0 Å². The summed E-state index contributed by atoms with van der Waals surface area (Å²) in [6.07, 6.45) is 6.67. The Kier molecular flexibility index (Phi) is 4.49. The molecule has 0 spiro atoms. The molecular formula is C20H18N6O. The molecule has 0 aliphatic heterocycles. The summed E-state index contributed by atoms with van der Waals surface area (Å²) in [6, 6.07) is 16.7. The molecule has 4 rings (SSSR count). The number of carbonyl (C=O) groups is 1. The van der Waals surface area contributed by atoms with E-state index in [1.807, 2.05) is 60.3 Å². The highest BCUT2D eigenvalue weighted by Crippen LogP contribution is 2.21. The average Bonchev–Trinajstić information content (AvgIpc) is 3.39. The number of aryl methyl sites for hydroxylation is 1. The minimum absolute atomic E-state index is 0.169. The van der Waals surface area contributed by atoms with Gasteiger partial charge in [-0.05, 0) is 29.8 Å². The van der Waals surface area contributed by atoms with Crippen LogP contribution in [0.3, 0.4) is 0 Å². The van der Waals surface area contributed by atoms with Crippen molar-refractivity contribution in [1.29, 1.82) is 0 Å². The third kappa shape index (κ3) is 3.48. The highest BCUT2D eigenvalue weighted by molar-refractivity contribution is 5.94. The lowest BCUT2D eigenvalue weighted by molar-refractivity contribution is 0.0941. The fourth-order valence-corrected chi connectivity index (χ4v) is 2.92. The topological polar surface area (TPSA) is 77.6 Å². The first-order chi connectivity index (χ1) is 13.2. The third-order valence-electron chi connectivity index (χ3n) is 4.34. The number of rotatable bonds is 5. The van der Waals surface area contributed by atoms with Crippen molar-refractivity contribution in [2.45, 2.75) is 6.04 Å². The maximum absolute atomic E-state index is 12.8. The van der Waals surface area contributed by atoms with E-state index in [-0.39, 0.29) is 11.9 Å². The third-order valence-corrected chi connectivity index (χ3v) is 4.34. The largest absolute Gasteiger partial charge is 0.338 e. The van der Waals surface area contributed by atoms with E-state index in [9.17, 15) is 4.79 Å². The Morgan fingerprint density at radius 2 is 1.85 bits per heavy atom. The second kappa shape index (κ2) is 7.25. The van der Waals surface area contributed by atoms with Gasteiger partial charge in [0.15, 0.2) is 0 Å². The van der Waals surface area contributed by atoms with E-state index in [0.29, 0.717) is 5.56 Å². The molecule has 1 N–H and O–H groups in total. The van der Waals surface area contributed by atoms with Crippen LogP contribution >= 0.6 is 0 Å². The zero-order valence-corrected chi connectivity index (χ0v) is 14.7. The Morgan fingerprint density at radius 1 is 1.07 bits per heavy atom. The van der Waals surface area contributed by atoms with E-state index in [0.717, 1.165) is 17.1 Å². The van der Waals surface area contributed by atoms with Crippen molar-refractivity contribution in [3.8, 4) is 5.69 Å². The molecule has 4 aromatic rings. The normalized spacial score (nSPS) is 11.9. The molecule has 2 aromatic heterocycles. The summed E-state index contributed by atoms with van der Waals surface area (Å²) in [7, 11) is 1.91. The predicted molar refractivity (Wildman–Crippen MR) is 100 cm³/mol. The first-order valence-corrected chi connectivity index (χ1v) is 8.50. The number of hydrogen-bond donors (Lipinski definition) is 1. The maximum atomic E-state index is 12.8. The molecule has 2 heterocycles. The molecule has 134 valence electrons. The molecule has 0 aliphatic rings. The van der Waals surface area contributed by atoms with E-state index in [1.165, 1.54) is 6.33 Å². The highest BCUT2D eigenvalue weighted by atomic mass is 16.1. The first-order valence-electron chi connectivity index (χ1n) is 8.50. The molecule has 7 nitrogen and oxygen atoms in total. The van der Waals surface area contributed by atoms with Crippen LogP contribution in [0.5, 0.6) is 0 Å². The number of amides is 1. The fraction of sp³-hybridized carbons (Fsp3) is 0.100. The van der Waals surface area contributed by atoms with Crippen LogP contribution in [0.1, 0.15) is 27.8 Å². The minimum atomic E-state index is -0.339. The number of carbonyl (C=O) groups excluding carboxylic acids is 1. The van der Waals surface area contributed by atoms with Crippen molar-refractivity contribution in [3.63, 3.8) is 0 Å². The van der Waals surface area contributed by atoms with Gasteiger partial charge >= 0.3 is 0 Å². The summed E-state index contributed by atoms with van der Waals surface area (Å²) in [5.74, 6) is 0.603. The number of hydrogen-bond acceptors (Lipinski definition) is 4. The Bertz CT molecular complexity index is 1020. The summed E-state index contributed by atoms with van der Waals surface area (Å²) in [5.41, 5.74) is 2.38. The molecule has 0 saturated carbocycles. The molecule has 1 atom stereocenters. The van der Waals surface area contributed by atoms with Gasteiger partial charge < -0.3 is 9.88 Å². The standard InChI is InChI=1S/C20H18N6O/c1-25-12-11-22-19(25)18(15-5-3-2-4-6-15)24-20(27)16-7-9-17(10-8-16)26-14-21-13-23-26/h2-14,18H,1H3,(H,24,27)/t18-/m0/s1. The van der Waals surface area contributed by atoms with Crippen LogP contribution in [0.2, 0.25) is 0 Å². The number of nitrogens with zero attached hydrogens (tertiary/aromatic N) is 5. The smallest absolute Gasteiger partial charge is 0.252 e. The van der Waals surface area contributed by atoms with E-state index in [1.54, 1.807) is 29.3 Å². The second-order valence-electron chi connectivity index (χ2n) is 6.10. The first kappa shape index (κ1) is 16.7. The van der Waals surface area contributed by atoms with Gasteiger partial charge in [-0.1, -0.05) is 30.3 Å². The van der Waals surface area contributed by atoms with Gasteiger partial charge in [0.05, 0.1) is 5.69 Å². The quantitative estimate of drug-likeness (QED) is 0.595. The Hall–Kier alpha value is -3.74. The molecule has 7 heteroatoms. The van der Waals surface area contributed by atoms with E-state index >= 15 is 0 Å². The molecule has 0 bridgehead atoms. The Balaban J connectivity index is 1.59. The van der Waals surface area contributed by atoms with Crippen LogP contribution < -0.4 is 5.32 Å². The number of nitrogens with one attached hydrogen (secondary N) is 1. The maximum Gasteiger partial charge on any atom is 0.252 e. The van der Waals surface area contributed by atoms with Crippen molar-refractivity contribution in [1.82, 2.24) is 29.6 Å². The van der Waals surface area contributed by atoms with Crippen LogP contribution in [-0.2, 0) is 7.05 Å². The van der Waals surface area contributed by atoms with Crippen molar-refractivity contribution < 1.29 is 4.79 Å². The molecular weight excluding hydrogens is 340 g/mol. The van der Waals surface area contributed by atoms with Gasteiger partial charge in [0, 0.05) is 25.0 Å². The zero-order chi connectivity index (χ0) is 18.6. The lowest BCUT2D eigenvalue weighted by Gasteiger charge is -2.19. The lowest BCUT2D eigenvalue weighted by atomic mass is 10.1. The summed E-state index contributed by atoms with van der Waals surface area (Å²) < 4.78 is 3.55. The second-order valence-corrected chi connectivity index (χ2v) is 6.10. The van der Waals surface area contributed by atoms with Gasteiger partial charge in [0.1, 0.15) is 24.5 Å². The molecule has 27 heavy (non-hydrogen) atoms. The number of aromatic nitrogens is 5. The molecule has 0 radical (unpaired) electrons. The average molecular weight is 358 g/mol. The van der Waals surface area contributed by atoms with Crippen molar-refractivity contribution in [2.24, 2.45) is 7.05 Å². The molecule has 0 aliphatic carbocycles. The van der Waals surface area contributed by atoms with Crippen LogP contribution in [0, 0.1) is 0 Å². The van der Waals surface area contributed by atoms with Gasteiger partial charge in [0.2, 0.25) is 0 Å². The van der Waals surface area contributed by atoms with Crippen LogP contribution in [0.4, 0.5) is 0 Å². The highest BCUT2D eigenvalue weighted by Gasteiger charge is 2.21. The van der Waals surface area contributed by atoms with Crippen molar-refractivity contribution in [2.75, 3.05) is 0 Å². The van der Waals surface area contributed by atoms with E-state index < -0.39 is 0 Å². The van der Waals surface area contributed by atoms with E-state index in [2.05, 4.69) is 20.4 Å². The summed E-state index contributed by atoms with van der Waals surface area (Å²) in [4.78, 5) is 21.2. The van der Waals surface area contributed by atoms with Crippen LogP contribution in [-0.4, -0.2) is 30.2 Å². The summed E-state index contributed by atoms with van der Waals surface area (Å²) in [6.45, 7) is 0. The van der Waals surface area contributed by atoms with Gasteiger partial charge in [0.25, 0.3) is 5.91 Å². The summed E-state index contributed by atoms with van der Waals surface area (Å²) >= 11 is 0. The molecule has 2 aromatic carbocycles. The molecule has 1 amide bonds. The zero-order valence-electron chi connectivity index (χ0n) is 14.7. The van der Waals surface area contributed by atoms with Crippen molar-refractivity contribution in [3.05, 3.63) is 96.6 Å². The Morgan fingerprint density at radius 3 is 2.48 bits per heavy atom. The monoisotopic (exact) mass is 358 g/mol. The number of imidazole rings is 1. The lowest BCUT2D eigenvalue weighted by Crippen LogP contribution is -2.31. The minimum Gasteiger partial charge on any atom is -0.338 e. The van der Waals surface area contributed by atoms with Gasteiger partial charge in [-0.25, -0.2) is 14.6 Å². The number of benzene rings is 2.